The van der Waals surface area contributed by atoms with Crippen LogP contribution in [-0.4, -0.2) is 62.6 Å². The molecule has 1 aliphatic heterocycles. The third-order valence-electron chi connectivity index (χ3n) is 6.44. The van der Waals surface area contributed by atoms with Gasteiger partial charge in [0.15, 0.2) is 11.6 Å². The van der Waals surface area contributed by atoms with Crippen LogP contribution in [0, 0.1) is 0 Å². The van der Waals surface area contributed by atoms with Crippen molar-refractivity contribution in [1.29, 1.82) is 0 Å². The minimum Gasteiger partial charge on any atom is -0.349 e. The Bertz CT molecular complexity index is 1330. The van der Waals surface area contributed by atoms with Crippen molar-refractivity contribution in [2.45, 2.75) is 44.2 Å². The van der Waals surface area contributed by atoms with E-state index in [-0.39, 0.29) is 29.7 Å². The first-order valence-electron chi connectivity index (χ1n) is 12.2. The van der Waals surface area contributed by atoms with Crippen molar-refractivity contribution in [1.82, 2.24) is 35.3 Å². The van der Waals surface area contributed by atoms with Crippen molar-refractivity contribution in [3.05, 3.63) is 70.9 Å². The van der Waals surface area contributed by atoms with Gasteiger partial charge >= 0.3 is 12.4 Å². The Morgan fingerprint density at radius 3 is 2.10 bits per heavy atom. The smallest absolute Gasteiger partial charge is 0.349 e. The number of likely N-dealkylation sites (tertiary alicyclic amines) is 1. The van der Waals surface area contributed by atoms with E-state index in [9.17, 15) is 35.9 Å². The van der Waals surface area contributed by atoms with Crippen molar-refractivity contribution in [3.63, 3.8) is 0 Å². The fourth-order valence-corrected chi connectivity index (χ4v) is 4.22. The molecular weight excluding hydrogens is 544 g/mol. The maximum atomic E-state index is 13.2. The van der Waals surface area contributed by atoms with Crippen LogP contribution in [-0.2, 0) is 12.4 Å². The van der Waals surface area contributed by atoms with Crippen LogP contribution in [0.5, 0.6) is 0 Å². The van der Waals surface area contributed by atoms with Gasteiger partial charge in [0, 0.05) is 17.8 Å². The number of aromatic nitrogens is 4. The molecule has 0 spiro atoms. The number of halogens is 6. The van der Waals surface area contributed by atoms with E-state index in [1.165, 1.54) is 29.9 Å². The Hall–Kier alpha value is -4.01. The highest BCUT2D eigenvalue weighted by atomic mass is 19.4. The number of amides is 2. The van der Waals surface area contributed by atoms with E-state index < -0.39 is 41.0 Å². The number of carbonyl (C=O) groups excluding carboxylic acids is 2. The molecule has 0 bridgehead atoms. The van der Waals surface area contributed by atoms with Gasteiger partial charge in [-0.25, -0.2) is 9.97 Å². The van der Waals surface area contributed by atoms with Crippen molar-refractivity contribution >= 4 is 11.8 Å². The molecule has 1 aliphatic rings. The fraction of sp³-hybridized carbons (Fsp3) is 0.400. The molecule has 1 fully saturated rings. The molecule has 0 unspecified atom stereocenters. The number of nitrogens with zero attached hydrogens (tertiary/aromatic N) is 5. The van der Waals surface area contributed by atoms with Crippen LogP contribution in [0.4, 0.5) is 26.3 Å². The van der Waals surface area contributed by atoms with Gasteiger partial charge in [-0.05, 0) is 70.2 Å². The summed E-state index contributed by atoms with van der Waals surface area (Å²) in [5.74, 6) is -1.13. The highest BCUT2D eigenvalue weighted by Gasteiger charge is 2.37. The molecule has 0 aliphatic carbocycles. The maximum absolute atomic E-state index is 13.2. The predicted molar refractivity (Wildman–Crippen MR) is 129 cm³/mol. The number of nitrogens with one attached hydrogen (secondary N) is 2. The average Bonchev–Trinajstić information content (AvgIpc) is 3.39. The topological polar surface area (TPSA) is 105 Å². The van der Waals surface area contributed by atoms with E-state index in [1.807, 2.05) is 7.05 Å². The van der Waals surface area contributed by atoms with Gasteiger partial charge in [0.2, 0.25) is 0 Å². The van der Waals surface area contributed by atoms with Crippen molar-refractivity contribution in [3.8, 4) is 5.82 Å². The van der Waals surface area contributed by atoms with Gasteiger partial charge in [0.05, 0.1) is 22.7 Å². The van der Waals surface area contributed by atoms with E-state index >= 15 is 0 Å². The highest BCUT2D eigenvalue weighted by Crippen LogP contribution is 2.36. The maximum Gasteiger partial charge on any atom is 0.416 e. The molecule has 4 rings (SSSR count). The molecular formula is C25H25F6N7O2. The van der Waals surface area contributed by atoms with Crippen LogP contribution >= 0.6 is 0 Å². The molecule has 214 valence electrons. The van der Waals surface area contributed by atoms with E-state index in [0.29, 0.717) is 17.7 Å². The summed E-state index contributed by atoms with van der Waals surface area (Å²) in [7, 11) is 2.01. The second kappa shape index (κ2) is 11.2. The second-order valence-corrected chi connectivity index (χ2v) is 9.48. The molecule has 2 N–H and O–H groups in total. The minimum atomic E-state index is -5.09. The van der Waals surface area contributed by atoms with Gasteiger partial charge in [-0.2, -0.15) is 36.1 Å². The summed E-state index contributed by atoms with van der Waals surface area (Å²) < 4.78 is 80.3. The lowest BCUT2D eigenvalue weighted by Crippen LogP contribution is -2.43. The second-order valence-electron chi connectivity index (χ2n) is 9.48. The molecule has 40 heavy (non-hydrogen) atoms. The Labute approximate surface area is 224 Å². The lowest BCUT2D eigenvalue weighted by molar-refractivity contribution is -0.143. The number of hydrogen-bond donors (Lipinski definition) is 2. The molecule has 3 heterocycles. The van der Waals surface area contributed by atoms with Gasteiger partial charge in [0.25, 0.3) is 11.8 Å². The van der Waals surface area contributed by atoms with Crippen LogP contribution in [0.2, 0.25) is 0 Å². The number of pyridine rings is 1. The van der Waals surface area contributed by atoms with Gasteiger partial charge < -0.3 is 15.5 Å². The monoisotopic (exact) mass is 569 g/mol. The van der Waals surface area contributed by atoms with Crippen LogP contribution < -0.4 is 10.6 Å². The lowest BCUT2D eigenvalue weighted by Gasteiger charge is -2.29. The summed E-state index contributed by atoms with van der Waals surface area (Å²) in [6.07, 6.45) is -6.04. The fourth-order valence-electron chi connectivity index (χ4n) is 4.22. The number of hydrogen-bond acceptors (Lipinski definition) is 6. The zero-order valence-corrected chi connectivity index (χ0v) is 21.3. The van der Waals surface area contributed by atoms with E-state index in [2.05, 4.69) is 30.6 Å². The van der Waals surface area contributed by atoms with Crippen LogP contribution in [0.3, 0.4) is 0 Å². The van der Waals surface area contributed by atoms with Crippen LogP contribution in [0.1, 0.15) is 63.5 Å². The molecule has 2 amide bonds. The Morgan fingerprint density at radius 2 is 1.55 bits per heavy atom. The highest BCUT2D eigenvalue weighted by molar-refractivity contribution is 5.95. The van der Waals surface area contributed by atoms with Crippen LogP contribution in [0.15, 0.2) is 42.9 Å². The largest absolute Gasteiger partial charge is 0.416 e. The average molecular weight is 570 g/mol. The lowest BCUT2D eigenvalue weighted by atomic mass is 10.0. The molecule has 3 aromatic rings. The molecule has 15 heteroatoms. The summed E-state index contributed by atoms with van der Waals surface area (Å²) in [4.78, 5) is 35.8. The van der Waals surface area contributed by atoms with Crippen molar-refractivity contribution in [2.24, 2.45) is 0 Å². The molecule has 1 aromatic carbocycles. The van der Waals surface area contributed by atoms with Gasteiger partial charge in [0.1, 0.15) is 6.33 Å². The zero-order chi connectivity index (χ0) is 29.2. The molecule has 0 saturated carbocycles. The van der Waals surface area contributed by atoms with Crippen LogP contribution in [0.25, 0.3) is 5.82 Å². The number of rotatable bonds is 6. The first-order chi connectivity index (χ1) is 18.7. The number of piperidine rings is 1. The molecule has 1 saturated heterocycles. The Morgan fingerprint density at radius 1 is 0.925 bits per heavy atom. The first kappa shape index (κ1) is 29.0. The minimum absolute atomic E-state index is 0.0544. The third kappa shape index (κ3) is 6.76. The van der Waals surface area contributed by atoms with E-state index in [4.69, 9.17) is 0 Å². The summed E-state index contributed by atoms with van der Waals surface area (Å²) in [5, 5.41) is 9.37. The zero-order valence-electron chi connectivity index (χ0n) is 21.3. The number of carbonyl (C=O) groups is 2. The standard InChI is InChI=1S/C25H25F6N7O2/c1-14(35-23(40)16-9-17(24(26,27)28)11-18(10-16)25(29,30)31)21-33-13-34-38(21)20-4-3-15(12-32-20)22(39)36-19-5-7-37(2)8-6-19/h3-4,9-14,19H,5-8H2,1-2H3,(H,35,40)(H,36,39)/t14-/m0/s1. The van der Waals surface area contributed by atoms with Gasteiger partial charge in [-0.15, -0.1) is 0 Å². The molecule has 0 radical (unpaired) electrons. The number of benzene rings is 1. The Balaban J connectivity index is 1.48. The summed E-state index contributed by atoms with van der Waals surface area (Å²) in [5.41, 5.74) is -3.71. The van der Waals surface area contributed by atoms with Crippen molar-refractivity contribution in [2.75, 3.05) is 20.1 Å². The normalized spacial score (nSPS) is 16.0. The van der Waals surface area contributed by atoms with Crippen molar-refractivity contribution < 1.29 is 35.9 Å². The van der Waals surface area contributed by atoms with Gasteiger partial charge in [-0.3, -0.25) is 9.59 Å². The molecule has 2 aromatic heterocycles. The van der Waals surface area contributed by atoms with E-state index in [0.717, 1.165) is 32.3 Å². The van der Waals surface area contributed by atoms with E-state index in [1.54, 1.807) is 0 Å². The third-order valence-corrected chi connectivity index (χ3v) is 6.44. The predicted octanol–water partition coefficient (Wildman–Crippen LogP) is 4.01. The number of alkyl halides is 6. The first-order valence-corrected chi connectivity index (χ1v) is 12.2. The summed E-state index contributed by atoms with van der Waals surface area (Å²) >= 11 is 0. The summed E-state index contributed by atoms with van der Waals surface area (Å²) in [6.45, 7) is 3.19. The molecule has 9 nitrogen and oxygen atoms in total. The quantitative estimate of drug-likeness (QED) is 0.435. The summed E-state index contributed by atoms with van der Waals surface area (Å²) in [6, 6.07) is 2.73. The molecule has 1 atom stereocenters. The Kier molecular flexibility index (Phi) is 8.14. The van der Waals surface area contributed by atoms with Gasteiger partial charge in [-0.1, -0.05) is 0 Å². The SMILES string of the molecule is C[C@H](NC(=O)c1cc(C(F)(F)F)cc(C(F)(F)F)c1)c1ncnn1-c1ccc(C(=O)NC2CCN(C)CC2)cn1.